The first-order chi connectivity index (χ1) is 7.77. The number of hydrogen-bond donors (Lipinski definition) is 1. The Morgan fingerprint density at radius 1 is 1.50 bits per heavy atom. The van der Waals surface area contributed by atoms with Crippen LogP contribution in [0, 0.1) is 0 Å². The maximum absolute atomic E-state index is 10.9. The summed E-state index contributed by atoms with van der Waals surface area (Å²) >= 11 is 1.55. The Morgan fingerprint density at radius 3 is 3.00 bits per heavy atom. The minimum Gasteiger partial charge on any atom is -0.476 e. The van der Waals surface area contributed by atoms with E-state index in [-0.39, 0.29) is 11.5 Å². The minimum absolute atomic E-state index is 0.0622. The van der Waals surface area contributed by atoms with Crippen LogP contribution in [0.2, 0.25) is 0 Å². The zero-order chi connectivity index (χ0) is 11.1. The molecule has 1 aliphatic carbocycles. The minimum atomic E-state index is -1.08. The van der Waals surface area contributed by atoms with E-state index >= 15 is 0 Å². The molecule has 1 aliphatic rings. The highest BCUT2D eigenvalue weighted by molar-refractivity contribution is 7.10. The van der Waals surface area contributed by atoms with Crippen LogP contribution < -0.4 is 0 Å². The number of nitrogens with zero attached hydrogens (tertiary/aromatic N) is 2. The molecule has 1 fully saturated rings. The van der Waals surface area contributed by atoms with Gasteiger partial charge in [-0.2, -0.15) is 0 Å². The van der Waals surface area contributed by atoms with Crippen LogP contribution in [0.3, 0.4) is 0 Å². The molecular formula is C10H8N2O3S. The van der Waals surface area contributed by atoms with Crippen LogP contribution in [0.4, 0.5) is 0 Å². The summed E-state index contributed by atoms with van der Waals surface area (Å²) in [7, 11) is 0. The molecule has 2 heterocycles. The highest BCUT2D eigenvalue weighted by atomic mass is 32.1. The Hall–Kier alpha value is -1.69. The predicted molar refractivity (Wildman–Crippen MR) is 56.5 cm³/mol. The summed E-state index contributed by atoms with van der Waals surface area (Å²) in [6.45, 7) is 0. The molecule has 1 N–H and O–H groups in total. The quantitative estimate of drug-likeness (QED) is 0.885. The van der Waals surface area contributed by atoms with Gasteiger partial charge in [0.15, 0.2) is 17.8 Å². The monoisotopic (exact) mass is 236 g/mol. The van der Waals surface area contributed by atoms with Gasteiger partial charge >= 0.3 is 5.97 Å². The lowest BCUT2D eigenvalue weighted by molar-refractivity contribution is 0.0691. The van der Waals surface area contributed by atoms with Crippen molar-refractivity contribution in [1.82, 2.24) is 9.97 Å². The zero-order valence-corrected chi connectivity index (χ0v) is 9.03. The van der Waals surface area contributed by atoms with Gasteiger partial charge in [0.05, 0.1) is 5.51 Å². The number of oxazole rings is 1. The Kier molecular flexibility index (Phi) is 2.03. The molecular weight excluding hydrogens is 228 g/mol. The molecule has 0 aromatic carbocycles. The molecule has 0 amide bonds. The SMILES string of the molecule is O=C(O)c1ncoc1-c1ncsc1C1CC1. The van der Waals surface area contributed by atoms with E-state index in [1.165, 1.54) is 0 Å². The molecule has 2 aromatic heterocycles. The number of thiazole rings is 1. The summed E-state index contributed by atoms with van der Waals surface area (Å²) < 4.78 is 5.14. The molecule has 0 radical (unpaired) electrons. The van der Waals surface area contributed by atoms with E-state index in [2.05, 4.69) is 9.97 Å². The third-order valence-electron chi connectivity index (χ3n) is 2.53. The average molecular weight is 236 g/mol. The molecule has 0 unspecified atom stereocenters. The van der Waals surface area contributed by atoms with Crippen molar-refractivity contribution in [2.24, 2.45) is 0 Å². The molecule has 16 heavy (non-hydrogen) atoms. The number of hydrogen-bond acceptors (Lipinski definition) is 5. The maximum atomic E-state index is 10.9. The Morgan fingerprint density at radius 2 is 2.31 bits per heavy atom. The average Bonchev–Trinajstić information content (AvgIpc) is 2.82. The second kappa shape index (κ2) is 3.41. The molecule has 2 aromatic rings. The summed E-state index contributed by atoms with van der Waals surface area (Å²) in [6, 6.07) is 0. The first-order valence-electron chi connectivity index (χ1n) is 4.88. The van der Waals surface area contributed by atoms with Crippen molar-refractivity contribution in [3.8, 4) is 11.5 Å². The van der Waals surface area contributed by atoms with Crippen molar-refractivity contribution in [3.05, 3.63) is 22.5 Å². The molecule has 0 atom stereocenters. The lowest BCUT2D eigenvalue weighted by Crippen LogP contribution is -1.99. The van der Waals surface area contributed by atoms with E-state index in [9.17, 15) is 4.79 Å². The van der Waals surface area contributed by atoms with Crippen LogP contribution in [-0.4, -0.2) is 21.0 Å². The van der Waals surface area contributed by atoms with Gasteiger partial charge in [0, 0.05) is 4.88 Å². The fourth-order valence-corrected chi connectivity index (χ4v) is 2.58. The van der Waals surface area contributed by atoms with Gasteiger partial charge in [-0.05, 0) is 18.8 Å². The molecule has 1 saturated carbocycles. The predicted octanol–water partition coefficient (Wildman–Crippen LogP) is 2.37. The van der Waals surface area contributed by atoms with Crippen LogP contribution in [0.25, 0.3) is 11.5 Å². The summed E-state index contributed by atoms with van der Waals surface area (Å²) in [5.41, 5.74) is 2.30. The Labute approximate surface area is 94.8 Å². The summed E-state index contributed by atoms with van der Waals surface area (Å²) in [4.78, 5) is 19.9. The van der Waals surface area contributed by atoms with E-state index < -0.39 is 5.97 Å². The van der Waals surface area contributed by atoms with E-state index in [4.69, 9.17) is 9.52 Å². The van der Waals surface area contributed by atoms with E-state index in [0.717, 1.165) is 24.1 Å². The highest BCUT2D eigenvalue weighted by Gasteiger charge is 2.31. The van der Waals surface area contributed by atoms with Crippen molar-refractivity contribution in [2.45, 2.75) is 18.8 Å². The molecule has 0 saturated heterocycles. The normalized spacial score (nSPS) is 15.2. The van der Waals surface area contributed by atoms with Crippen molar-refractivity contribution >= 4 is 17.3 Å². The second-order valence-electron chi connectivity index (χ2n) is 3.67. The summed E-state index contributed by atoms with van der Waals surface area (Å²) in [5, 5.41) is 8.95. The summed E-state index contributed by atoms with van der Waals surface area (Å²) in [6.07, 6.45) is 3.44. The van der Waals surface area contributed by atoms with Crippen LogP contribution in [-0.2, 0) is 0 Å². The van der Waals surface area contributed by atoms with Gasteiger partial charge < -0.3 is 9.52 Å². The molecule has 3 rings (SSSR count). The molecule has 0 spiro atoms. The largest absolute Gasteiger partial charge is 0.476 e. The maximum Gasteiger partial charge on any atom is 0.358 e. The topological polar surface area (TPSA) is 76.2 Å². The smallest absolute Gasteiger partial charge is 0.358 e. The molecule has 0 bridgehead atoms. The van der Waals surface area contributed by atoms with Crippen LogP contribution in [0.1, 0.15) is 34.1 Å². The van der Waals surface area contributed by atoms with Gasteiger partial charge in [0.25, 0.3) is 0 Å². The number of carboxylic acids is 1. The van der Waals surface area contributed by atoms with Crippen LogP contribution >= 0.6 is 11.3 Å². The standard InChI is InChI=1S/C10H8N2O3S/c13-10(14)7-8(15-3-11-7)6-9(5-1-2-5)16-4-12-6/h3-5H,1-2H2,(H,13,14). The van der Waals surface area contributed by atoms with E-state index in [1.807, 2.05) is 0 Å². The molecule has 5 nitrogen and oxygen atoms in total. The number of carbonyl (C=O) groups is 1. The number of aromatic nitrogens is 2. The van der Waals surface area contributed by atoms with Crippen molar-refractivity contribution < 1.29 is 14.3 Å². The van der Waals surface area contributed by atoms with Gasteiger partial charge in [-0.3, -0.25) is 0 Å². The molecule has 0 aliphatic heterocycles. The summed E-state index contributed by atoms with van der Waals surface area (Å²) in [5.74, 6) is -0.289. The lowest BCUT2D eigenvalue weighted by atomic mass is 10.2. The lowest BCUT2D eigenvalue weighted by Gasteiger charge is -1.97. The van der Waals surface area contributed by atoms with Gasteiger partial charge in [0.2, 0.25) is 0 Å². The zero-order valence-electron chi connectivity index (χ0n) is 8.21. The fourth-order valence-electron chi connectivity index (χ4n) is 1.63. The Bertz CT molecular complexity index is 542. The van der Waals surface area contributed by atoms with Crippen molar-refractivity contribution in [3.63, 3.8) is 0 Å². The van der Waals surface area contributed by atoms with E-state index in [0.29, 0.717) is 11.6 Å². The number of rotatable bonds is 3. The van der Waals surface area contributed by atoms with Gasteiger partial charge in [0.1, 0.15) is 5.69 Å². The number of carboxylic acid groups (broad SMARTS) is 1. The van der Waals surface area contributed by atoms with Gasteiger partial charge in [-0.25, -0.2) is 14.8 Å². The first-order valence-corrected chi connectivity index (χ1v) is 5.76. The van der Waals surface area contributed by atoms with Gasteiger partial charge in [-0.1, -0.05) is 0 Å². The van der Waals surface area contributed by atoms with Crippen molar-refractivity contribution in [1.29, 1.82) is 0 Å². The third-order valence-corrected chi connectivity index (χ3v) is 3.52. The second-order valence-corrected chi connectivity index (χ2v) is 4.56. The van der Waals surface area contributed by atoms with Crippen molar-refractivity contribution in [2.75, 3.05) is 0 Å². The molecule has 6 heteroatoms. The third kappa shape index (κ3) is 1.42. The van der Waals surface area contributed by atoms with Crippen LogP contribution in [0.15, 0.2) is 16.3 Å². The Balaban J connectivity index is 2.10. The van der Waals surface area contributed by atoms with E-state index in [1.54, 1.807) is 16.8 Å². The fraction of sp³-hybridized carbons (Fsp3) is 0.300. The number of aromatic carboxylic acids is 1. The van der Waals surface area contributed by atoms with Crippen LogP contribution in [0.5, 0.6) is 0 Å². The highest BCUT2D eigenvalue weighted by Crippen LogP contribution is 2.46. The van der Waals surface area contributed by atoms with Gasteiger partial charge in [-0.15, -0.1) is 11.3 Å². The first kappa shape index (κ1) is 9.53. The molecule has 82 valence electrons.